The third-order valence-corrected chi connectivity index (χ3v) is 3.17. The van der Waals surface area contributed by atoms with E-state index in [2.05, 4.69) is 5.10 Å². The van der Waals surface area contributed by atoms with E-state index in [1.165, 1.54) is 0 Å². The first-order chi connectivity index (χ1) is 9.51. The Morgan fingerprint density at radius 1 is 1.50 bits per heavy atom. The fraction of sp³-hybridized carbons (Fsp3) is 0.538. The van der Waals surface area contributed by atoms with Crippen LogP contribution < -0.4 is 0 Å². The van der Waals surface area contributed by atoms with Crippen LogP contribution in [0.4, 0.5) is 0 Å². The van der Waals surface area contributed by atoms with Crippen molar-refractivity contribution in [3.8, 4) is 0 Å². The predicted octanol–water partition coefficient (Wildman–Crippen LogP) is -0.0992. The fourth-order valence-electron chi connectivity index (χ4n) is 2.27. The summed E-state index contributed by atoms with van der Waals surface area (Å²) in [6.07, 6.45) is 4.07. The molecule has 0 N–H and O–H groups in total. The molecule has 1 atom stereocenters. The first-order valence-electron chi connectivity index (χ1n) is 6.48. The van der Waals surface area contributed by atoms with Crippen LogP contribution >= 0.6 is 0 Å². The van der Waals surface area contributed by atoms with Crippen molar-refractivity contribution < 1.29 is 19.1 Å². The molecule has 0 aromatic carbocycles. The zero-order chi connectivity index (χ0) is 14.7. The number of ether oxygens (including phenoxy) is 1. The predicted molar refractivity (Wildman–Crippen MR) is 68.4 cm³/mol. The number of amides is 2. The number of nitrogens with zero attached hydrogens (tertiary/aromatic N) is 3. The van der Waals surface area contributed by atoms with Gasteiger partial charge in [-0.05, 0) is 18.9 Å². The number of rotatable bonds is 5. The van der Waals surface area contributed by atoms with E-state index in [0.29, 0.717) is 6.42 Å². The van der Waals surface area contributed by atoms with Crippen LogP contribution in [0.2, 0.25) is 0 Å². The van der Waals surface area contributed by atoms with Crippen LogP contribution in [-0.4, -0.2) is 45.6 Å². The number of carbonyl (C=O) groups excluding carboxylic acids is 3. The van der Waals surface area contributed by atoms with Gasteiger partial charge in [0, 0.05) is 19.7 Å². The third-order valence-electron chi connectivity index (χ3n) is 3.17. The number of esters is 1. The maximum absolute atomic E-state index is 12.1. The van der Waals surface area contributed by atoms with Crippen molar-refractivity contribution in [3.63, 3.8) is 0 Å². The zero-order valence-electron chi connectivity index (χ0n) is 11.5. The molecule has 2 rings (SSSR count). The SMILES string of the molecule is CCOC(=O)CN1C(=O)CC(Cc2cnn(C)c2)C1=O. The van der Waals surface area contributed by atoms with E-state index in [0.717, 1.165) is 10.5 Å². The quantitative estimate of drug-likeness (QED) is 0.555. The van der Waals surface area contributed by atoms with Crippen LogP contribution in [0.3, 0.4) is 0 Å². The summed E-state index contributed by atoms with van der Waals surface area (Å²) in [5, 5.41) is 4.03. The minimum Gasteiger partial charge on any atom is -0.465 e. The van der Waals surface area contributed by atoms with Crippen molar-refractivity contribution >= 4 is 17.8 Å². The van der Waals surface area contributed by atoms with Crippen LogP contribution in [0, 0.1) is 5.92 Å². The standard InChI is InChI=1S/C13H17N3O4/c1-3-20-12(18)8-16-11(17)5-10(13(16)19)4-9-6-14-15(2)7-9/h6-7,10H,3-5,8H2,1-2H3. The number of aryl methyl sites for hydroxylation is 1. The smallest absolute Gasteiger partial charge is 0.326 e. The van der Waals surface area contributed by atoms with Crippen LogP contribution in [0.5, 0.6) is 0 Å². The summed E-state index contributed by atoms with van der Waals surface area (Å²) in [7, 11) is 1.79. The van der Waals surface area contributed by atoms with Crippen molar-refractivity contribution in [2.75, 3.05) is 13.2 Å². The average Bonchev–Trinajstić information content (AvgIpc) is 2.89. The van der Waals surface area contributed by atoms with Crippen LogP contribution in [0.1, 0.15) is 18.9 Å². The molecule has 108 valence electrons. The highest BCUT2D eigenvalue weighted by Crippen LogP contribution is 2.23. The first-order valence-corrected chi connectivity index (χ1v) is 6.48. The molecule has 1 fully saturated rings. The minimum absolute atomic E-state index is 0.132. The lowest BCUT2D eigenvalue weighted by Crippen LogP contribution is -2.36. The Kier molecular flexibility index (Phi) is 4.16. The minimum atomic E-state index is -0.559. The molecular weight excluding hydrogens is 262 g/mol. The number of likely N-dealkylation sites (tertiary alicyclic amines) is 1. The maximum atomic E-state index is 12.1. The molecule has 1 aliphatic heterocycles. The lowest BCUT2D eigenvalue weighted by Gasteiger charge is -2.13. The molecule has 2 heterocycles. The van der Waals surface area contributed by atoms with Gasteiger partial charge in [0.2, 0.25) is 11.8 Å². The van der Waals surface area contributed by atoms with E-state index in [1.807, 2.05) is 6.20 Å². The lowest BCUT2D eigenvalue weighted by atomic mass is 10.0. The van der Waals surface area contributed by atoms with Gasteiger partial charge in [0.25, 0.3) is 0 Å². The Labute approximate surface area is 116 Å². The molecule has 0 saturated carbocycles. The van der Waals surface area contributed by atoms with Gasteiger partial charge in [-0.3, -0.25) is 24.0 Å². The molecule has 0 bridgehead atoms. The monoisotopic (exact) mass is 279 g/mol. The molecule has 0 aliphatic carbocycles. The molecule has 0 spiro atoms. The Hall–Kier alpha value is -2.18. The second kappa shape index (κ2) is 5.85. The van der Waals surface area contributed by atoms with Gasteiger partial charge in [-0.25, -0.2) is 0 Å². The first kappa shape index (κ1) is 14.2. The van der Waals surface area contributed by atoms with Crippen molar-refractivity contribution in [1.29, 1.82) is 0 Å². The molecule has 1 aliphatic rings. The Morgan fingerprint density at radius 2 is 2.25 bits per heavy atom. The van der Waals surface area contributed by atoms with Gasteiger partial charge >= 0.3 is 5.97 Å². The largest absolute Gasteiger partial charge is 0.465 e. The van der Waals surface area contributed by atoms with Crippen LogP contribution in [-0.2, 0) is 32.6 Å². The Bertz CT molecular complexity index is 537. The molecule has 1 saturated heterocycles. The summed E-state index contributed by atoms with van der Waals surface area (Å²) in [6.45, 7) is 1.61. The summed E-state index contributed by atoms with van der Waals surface area (Å²) >= 11 is 0. The van der Waals surface area contributed by atoms with Crippen LogP contribution in [0.15, 0.2) is 12.4 Å². The second-order valence-electron chi connectivity index (χ2n) is 4.75. The van der Waals surface area contributed by atoms with E-state index in [-0.39, 0.29) is 31.4 Å². The number of aromatic nitrogens is 2. The average molecular weight is 279 g/mol. The van der Waals surface area contributed by atoms with Gasteiger partial charge < -0.3 is 4.74 Å². The van der Waals surface area contributed by atoms with Crippen LogP contribution in [0.25, 0.3) is 0 Å². The topological polar surface area (TPSA) is 81.5 Å². The second-order valence-corrected chi connectivity index (χ2v) is 4.75. The van der Waals surface area contributed by atoms with Gasteiger partial charge in [-0.2, -0.15) is 5.10 Å². The Balaban J connectivity index is 1.99. The number of hydrogen-bond acceptors (Lipinski definition) is 5. The summed E-state index contributed by atoms with van der Waals surface area (Å²) < 4.78 is 6.40. The van der Waals surface area contributed by atoms with Gasteiger partial charge in [0.05, 0.1) is 18.7 Å². The van der Waals surface area contributed by atoms with E-state index < -0.39 is 11.9 Å². The van der Waals surface area contributed by atoms with E-state index in [9.17, 15) is 14.4 Å². The molecule has 20 heavy (non-hydrogen) atoms. The maximum Gasteiger partial charge on any atom is 0.326 e. The highest BCUT2D eigenvalue weighted by Gasteiger charge is 2.39. The Morgan fingerprint density at radius 3 is 2.85 bits per heavy atom. The zero-order valence-corrected chi connectivity index (χ0v) is 11.5. The number of hydrogen-bond donors (Lipinski definition) is 0. The van der Waals surface area contributed by atoms with Crippen molar-refractivity contribution in [2.24, 2.45) is 13.0 Å². The van der Waals surface area contributed by atoms with Gasteiger partial charge in [0.1, 0.15) is 6.54 Å². The molecule has 7 nitrogen and oxygen atoms in total. The number of imide groups is 1. The van der Waals surface area contributed by atoms with E-state index >= 15 is 0 Å². The van der Waals surface area contributed by atoms with Crippen molar-refractivity contribution in [1.82, 2.24) is 14.7 Å². The highest BCUT2D eigenvalue weighted by atomic mass is 16.5. The van der Waals surface area contributed by atoms with Crippen molar-refractivity contribution in [2.45, 2.75) is 19.8 Å². The van der Waals surface area contributed by atoms with E-state index in [1.54, 1.807) is 24.9 Å². The molecule has 1 aromatic heterocycles. The van der Waals surface area contributed by atoms with Gasteiger partial charge in [-0.1, -0.05) is 0 Å². The summed E-state index contributed by atoms with van der Waals surface area (Å²) in [6, 6.07) is 0. The normalized spacial score (nSPS) is 18.7. The fourth-order valence-corrected chi connectivity index (χ4v) is 2.27. The summed E-state index contributed by atoms with van der Waals surface area (Å²) in [5.41, 5.74) is 0.900. The van der Waals surface area contributed by atoms with Crippen molar-refractivity contribution in [3.05, 3.63) is 18.0 Å². The third kappa shape index (κ3) is 3.04. The molecular formula is C13H17N3O4. The highest BCUT2D eigenvalue weighted by molar-refractivity contribution is 6.05. The number of carbonyl (C=O) groups is 3. The molecule has 1 unspecified atom stereocenters. The lowest BCUT2D eigenvalue weighted by molar-refractivity contribution is -0.152. The molecule has 2 amide bonds. The summed E-state index contributed by atoms with van der Waals surface area (Å²) in [4.78, 5) is 36.3. The van der Waals surface area contributed by atoms with Gasteiger partial charge in [-0.15, -0.1) is 0 Å². The van der Waals surface area contributed by atoms with E-state index in [4.69, 9.17) is 4.74 Å². The summed E-state index contributed by atoms with van der Waals surface area (Å²) in [5.74, 6) is -1.61. The van der Waals surface area contributed by atoms with Gasteiger partial charge in [0.15, 0.2) is 0 Å². The molecule has 1 aromatic rings. The molecule has 7 heteroatoms. The molecule has 0 radical (unpaired) electrons.